The van der Waals surface area contributed by atoms with Crippen LogP contribution in [0.15, 0.2) is 24.7 Å². The monoisotopic (exact) mass is 313 g/mol. The number of nitrogens with one attached hydrogen (secondary N) is 1. The Hall–Kier alpha value is -2.11. The maximum atomic E-state index is 12.8. The summed E-state index contributed by atoms with van der Waals surface area (Å²) in [5, 5.41) is 7.26. The van der Waals surface area contributed by atoms with E-state index < -0.39 is 0 Å². The summed E-state index contributed by atoms with van der Waals surface area (Å²) in [5.74, 6) is 0.683. The molecule has 2 fully saturated rings. The molecule has 6 heteroatoms. The van der Waals surface area contributed by atoms with Crippen molar-refractivity contribution < 1.29 is 4.79 Å². The van der Waals surface area contributed by atoms with Crippen molar-refractivity contribution in [2.75, 3.05) is 11.9 Å². The number of rotatable bonds is 2. The van der Waals surface area contributed by atoms with Gasteiger partial charge in [0.25, 0.3) is 0 Å². The third-order valence-corrected chi connectivity index (χ3v) is 5.27. The zero-order chi connectivity index (χ0) is 15.6. The normalized spacial score (nSPS) is 22.6. The van der Waals surface area contributed by atoms with Gasteiger partial charge in [0.15, 0.2) is 5.65 Å². The van der Waals surface area contributed by atoms with E-state index in [0.717, 1.165) is 19.4 Å². The minimum absolute atomic E-state index is 0.00199. The largest absolute Gasteiger partial charge is 0.322 e. The molecule has 6 nitrogen and oxygen atoms in total. The van der Waals surface area contributed by atoms with E-state index in [0.29, 0.717) is 23.3 Å². The second-order valence-corrected chi connectivity index (χ2v) is 6.68. The fourth-order valence-electron chi connectivity index (χ4n) is 4.14. The first-order valence-corrected chi connectivity index (χ1v) is 8.69. The van der Waals surface area contributed by atoms with Gasteiger partial charge in [-0.25, -0.2) is 14.3 Å². The maximum Gasteiger partial charge on any atom is 0.322 e. The summed E-state index contributed by atoms with van der Waals surface area (Å²) in [4.78, 5) is 19.2. The molecule has 4 rings (SSSR count). The lowest BCUT2D eigenvalue weighted by Crippen LogP contribution is -2.48. The second-order valence-electron chi connectivity index (χ2n) is 6.68. The van der Waals surface area contributed by atoms with E-state index in [1.807, 2.05) is 12.3 Å². The summed E-state index contributed by atoms with van der Waals surface area (Å²) in [7, 11) is 0. The average molecular weight is 313 g/mol. The Morgan fingerprint density at radius 2 is 2.00 bits per heavy atom. The third kappa shape index (κ3) is 2.78. The number of aromatic nitrogens is 3. The van der Waals surface area contributed by atoms with Gasteiger partial charge in [0.2, 0.25) is 0 Å². The van der Waals surface area contributed by atoms with E-state index in [4.69, 9.17) is 0 Å². The summed E-state index contributed by atoms with van der Waals surface area (Å²) in [6, 6.07) is 2.23. The van der Waals surface area contributed by atoms with Gasteiger partial charge < -0.3 is 10.2 Å². The van der Waals surface area contributed by atoms with Crippen LogP contribution in [0.2, 0.25) is 0 Å². The summed E-state index contributed by atoms with van der Waals surface area (Å²) in [6.45, 7) is 0.861. The van der Waals surface area contributed by atoms with Gasteiger partial charge in [-0.05, 0) is 44.1 Å². The van der Waals surface area contributed by atoms with Crippen LogP contribution in [-0.4, -0.2) is 38.1 Å². The van der Waals surface area contributed by atoms with Crippen molar-refractivity contribution in [3.05, 3.63) is 24.7 Å². The summed E-state index contributed by atoms with van der Waals surface area (Å²) in [6.07, 6.45) is 13.9. The fraction of sp³-hybridized carbons (Fsp3) is 0.588. The van der Waals surface area contributed by atoms with Crippen LogP contribution in [0, 0.1) is 5.92 Å². The van der Waals surface area contributed by atoms with E-state index in [2.05, 4.69) is 20.3 Å². The highest BCUT2D eigenvalue weighted by Gasteiger charge is 2.34. The van der Waals surface area contributed by atoms with Gasteiger partial charge in [-0.3, -0.25) is 0 Å². The number of urea groups is 1. The molecule has 0 bridgehead atoms. The van der Waals surface area contributed by atoms with Crippen LogP contribution >= 0.6 is 0 Å². The predicted molar refractivity (Wildman–Crippen MR) is 88.3 cm³/mol. The van der Waals surface area contributed by atoms with Gasteiger partial charge in [-0.1, -0.05) is 12.8 Å². The van der Waals surface area contributed by atoms with Crippen LogP contribution in [0.5, 0.6) is 0 Å². The quantitative estimate of drug-likeness (QED) is 0.925. The van der Waals surface area contributed by atoms with Crippen molar-refractivity contribution in [2.45, 2.75) is 51.0 Å². The van der Waals surface area contributed by atoms with Gasteiger partial charge in [0, 0.05) is 25.0 Å². The highest BCUT2D eigenvalue weighted by molar-refractivity contribution is 5.93. The number of likely N-dealkylation sites (tertiary alicyclic amines) is 1. The molecule has 1 aliphatic carbocycles. The second kappa shape index (κ2) is 6.18. The van der Waals surface area contributed by atoms with Gasteiger partial charge in [0.05, 0.1) is 6.20 Å². The summed E-state index contributed by atoms with van der Waals surface area (Å²) in [5.41, 5.74) is 1.38. The Labute approximate surface area is 135 Å². The van der Waals surface area contributed by atoms with Crippen LogP contribution < -0.4 is 5.32 Å². The van der Waals surface area contributed by atoms with E-state index in [9.17, 15) is 4.79 Å². The molecule has 122 valence electrons. The lowest BCUT2D eigenvalue weighted by Gasteiger charge is -2.39. The van der Waals surface area contributed by atoms with Crippen LogP contribution in [0.25, 0.3) is 5.65 Å². The van der Waals surface area contributed by atoms with Crippen molar-refractivity contribution in [2.24, 2.45) is 5.92 Å². The van der Waals surface area contributed by atoms with Gasteiger partial charge in [-0.2, -0.15) is 5.10 Å². The number of anilines is 1. The number of piperidine rings is 1. The first-order chi connectivity index (χ1) is 11.3. The minimum Gasteiger partial charge on any atom is -0.321 e. The smallest absolute Gasteiger partial charge is 0.321 e. The highest BCUT2D eigenvalue weighted by atomic mass is 16.2. The number of nitrogens with zero attached hydrogens (tertiary/aromatic N) is 4. The highest BCUT2D eigenvalue weighted by Crippen LogP contribution is 2.35. The number of carbonyl (C=O) groups excluding carboxylic acids is 1. The van der Waals surface area contributed by atoms with Crippen molar-refractivity contribution >= 4 is 17.4 Å². The molecule has 23 heavy (non-hydrogen) atoms. The van der Waals surface area contributed by atoms with E-state index in [-0.39, 0.29) is 6.03 Å². The fourth-order valence-corrected chi connectivity index (χ4v) is 4.14. The molecule has 1 saturated heterocycles. The maximum absolute atomic E-state index is 12.8. The van der Waals surface area contributed by atoms with Crippen molar-refractivity contribution in [1.82, 2.24) is 19.5 Å². The molecule has 2 aliphatic rings. The Morgan fingerprint density at radius 3 is 2.87 bits per heavy atom. The van der Waals surface area contributed by atoms with Gasteiger partial charge in [-0.15, -0.1) is 0 Å². The van der Waals surface area contributed by atoms with Crippen LogP contribution in [0.1, 0.15) is 44.9 Å². The summed E-state index contributed by atoms with van der Waals surface area (Å²) >= 11 is 0. The predicted octanol–water partition coefficient (Wildman–Crippen LogP) is 3.31. The molecule has 0 radical (unpaired) electrons. The number of fused-ring (bicyclic) bond motifs is 1. The van der Waals surface area contributed by atoms with E-state index >= 15 is 0 Å². The zero-order valence-electron chi connectivity index (χ0n) is 13.3. The van der Waals surface area contributed by atoms with Crippen molar-refractivity contribution in [1.29, 1.82) is 0 Å². The van der Waals surface area contributed by atoms with Gasteiger partial charge in [0.1, 0.15) is 5.69 Å². The van der Waals surface area contributed by atoms with E-state index in [1.165, 1.54) is 32.1 Å². The van der Waals surface area contributed by atoms with Crippen molar-refractivity contribution in [3.63, 3.8) is 0 Å². The molecule has 1 N–H and O–H groups in total. The number of hydrogen-bond acceptors (Lipinski definition) is 3. The molecular formula is C17H23N5O. The molecule has 1 aliphatic heterocycles. The molecule has 0 aromatic carbocycles. The number of hydrogen-bond donors (Lipinski definition) is 1. The number of carbonyl (C=O) groups is 1. The topological polar surface area (TPSA) is 62.5 Å². The Balaban J connectivity index is 1.52. The Bertz CT molecular complexity index is 691. The minimum atomic E-state index is 0.00199. The number of amides is 2. The van der Waals surface area contributed by atoms with Crippen LogP contribution in [0.3, 0.4) is 0 Å². The molecule has 2 amide bonds. The first-order valence-electron chi connectivity index (χ1n) is 8.69. The Morgan fingerprint density at radius 1 is 1.17 bits per heavy atom. The standard InChI is InChI=1S/C17H23N5O/c23-17(20-14-12-19-22-11-5-9-18-16(14)22)21-10-4-3-8-15(21)13-6-1-2-7-13/h5,9,11-13,15H,1-4,6-8,10H2,(H,20,23). The molecular weight excluding hydrogens is 290 g/mol. The molecule has 3 heterocycles. The summed E-state index contributed by atoms with van der Waals surface area (Å²) < 4.78 is 1.68. The average Bonchev–Trinajstić information content (AvgIpc) is 3.25. The first kappa shape index (κ1) is 14.5. The molecule has 2 aromatic heterocycles. The SMILES string of the molecule is O=C(Nc1cnn2cccnc12)N1CCCCC1C1CCCC1. The van der Waals surface area contributed by atoms with Gasteiger partial charge >= 0.3 is 6.03 Å². The zero-order valence-corrected chi connectivity index (χ0v) is 13.3. The van der Waals surface area contributed by atoms with Crippen molar-refractivity contribution in [3.8, 4) is 0 Å². The lowest BCUT2D eigenvalue weighted by molar-refractivity contribution is 0.129. The molecule has 1 saturated carbocycles. The van der Waals surface area contributed by atoms with Crippen LogP contribution in [-0.2, 0) is 0 Å². The molecule has 1 unspecified atom stereocenters. The lowest BCUT2D eigenvalue weighted by atomic mass is 9.89. The van der Waals surface area contributed by atoms with E-state index in [1.54, 1.807) is 16.9 Å². The third-order valence-electron chi connectivity index (χ3n) is 5.27. The molecule has 0 spiro atoms. The Kier molecular flexibility index (Phi) is 3.89. The molecule has 2 aromatic rings. The van der Waals surface area contributed by atoms with Crippen LogP contribution in [0.4, 0.5) is 10.5 Å². The molecule has 1 atom stereocenters.